The molecule has 3 aromatic carbocycles. The van der Waals surface area contributed by atoms with Crippen LogP contribution >= 0.6 is 0 Å². The van der Waals surface area contributed by atoms with Crippen molar-refractivity contribution in [2.24, 2.45) is 0 Å². The maximum absolute atomic E-state index is 13.8. The van der Waals surface area contributed by atoms with E-state index >= 15 is 0 Å². The van der Waals surface area contributed by atoms with Crippen LogP contribution < -0.4 is 5.32 Å². The van der Waals surface area contributed by atoms with Gasteiger partial charge in [0.2, 0.25) is 5.91 Å². The molecule has 6 heteroatoms. The Kier molecular flexibility index (Phi) is 6.77. The first-order chi connectivity index (χ1) is 18.2. The van der Waals surface area contributed by atoms with E-state index < -0.39 is 5.92 Å². The summed E-state index contributed by atoms with van der Waals surface area (Å²) in [5.41, 5.74) is 5.20. The molecule has 1 saturated heterocycles. The number of benzene rings is 3. The van der Waals surface area contributed by atoms with Crippen LogP contribution in [0.25, 0.3) is 0 Å². The van der Waals surface area contributed by atoms with Crippen LogP contribution in [0.2, 0.25) is 0 Å². The van der Waals surface area contributed by atoms with Crippen LogP contribution in [0.3, 0.4) is 0 Å². The average molecular weight is 495 g/mol. The lowest BCUT2D eigenvalue weighted by molar-refractivity contribution is -0.124. The Balaban J connectivity index is 1.11. The van der Waals surface area contributed by atoms with Gasteiger partial charge in [-0.2, -0.15) is 0 Å². The van der Waals surface area contributed by atoms with Crippen molar-refractivity contribution >= 4 is 11.8 Å². The lowest BCUT2D eigenvalue weighted by Crippen LogP contribution is -2.51. The van der Waals surface area contributed by atoms with Crippen LogP contribution in [0.1, 0.15) is 44.6 Å². The third-order valence-corrected chi connectivity index (χ3v) is 8.16. The molecule has 1 N–H and O–H groups in total. The number of hydrogen-bond acceptors (Lipinski definition) is 4. The van der Waals surface area contributed by atoms with Crippen LogP contribution in [0, 0.1) is 0 Å². The summed E-state index contributed by atoms with van der Waals surface area (Å²) in [6.45, 7) is 7.17. The van der Waals surface area contributed by atoms with E-state index in [4.69, 9.17) is 0 Å². The van der Waals surface area contributed by atoms with Gasteiger partial charge in [0.05, 0.1) is 12.0 Å². The van der Waals surface area contributed by atoms with Crippen molar-refractivity contribution in [1.29, 1.82) is 0 Å². The van der Waals surface area contributed by atoms with E-state index in [0.717, 1.165) is 56.8 Å². The van der Waals surface area contributed by atoms with Gasteiger partial charge in [-0.15, -0.1) is 0 Å². The van der Waals surface area contributed by atoms with Gasteiger partial charge in [0.25, 0.3) is 5.91 Å². The van der Waals surface area contributed by atoms with E-state index in [2.05, 4.69) is 57.6 Å². The number of fused-ring (bicyclic) bond motifs is 4. The highest BCUT2D eigenvalue weighted by Gasteiger charge is 2.46. The fourth-order valence-electron chi connectivity index (χ4n) is 6.22. The normalized spacial score (nSPS) is 21.6. The second-order valence-electron chi connectivity index (χ2n) is 10.4. The van der Waals surface area contributed by atoms with Crippen LogP contribution in [0.4, 0.5) is 0 Å². The summed E-state index contributed by atoms with van der Waals surface area (Å²) in [5.74, 6) is -0.361. The van der Waals surface area contributed by atoms with Crippen LogP contribution in [-0.2, 0) is 17.8 Å². The van der Waals surface area contributed by atoms with E-state index in [0.29, 0.717) is 18.7 Å². The topological polar surface area (TPSA) is 55.9 Å². The van der Waals surface area contributed by atoms with Gasteiger partial charge in [0.1, 0.15) is 0 Å². The molecule has 2 atom stereocenters. The van der Waals surface area contributed by atoms with Gasteiger partial charge in [-0.05, 0) is 34.7 Å². The summed E-state index contributed by atoms with van der Waals surface area (Å²) >= 11 is 0. The van der Waals surface area contributed by atoms with Crippen LogP contribution in [-0.4, -0.2) is 72.3 Å². The first-order valence-electron chi connectivity index (χ1n) is 13.4. The summed E-state index contributed by atoms with van der Waals surface area (Å²) in [4.78, 5) is 34.0. The predicted molar refractivity (Wildman–Crippen MR) is 144 cm³/mol. The van der Waals surface area contributed by atoms with E-state index in [-0.39, 0.29) is 17.9 Å². The first-order valence-corrected chi connectivity index (χ1v) is 13.4. The molecule has 0 radical (unpaired) electrons. The Labute approximate surface area is 218 Å². The lowest BCUT2D eigenvalue weighted by atomic mass is 9.76. The molecule has 3 aromatic rings. The highest BCUT2D eigenvalue weighted by molar-refractivity contribution is 6.01. The Morgan fingerprint density at radius 2 is 1.46 bits per heavy atom. The van der Waals surface area contributed by atoms with Gasteiger partial charge < -0.3 is 10.2 Å². The van der Waals surface area contributed by atoms with Crippen molar-refractivity contribution in [3.8, 4) is 0 Å². The van der Waals surface area contributed by atoms with E-state index in [1.807, 2.05) is 41.3 Å². The molecule has 190 valence electrons. The van der Waals surface area contributed by atoms with Gasteiger partial charge in [0.15, 0.2) is 0 Å². The fraction of sp³-hybridized carbons (Fsp3) is 0.355. The van der Waals surface area contributed by atoms with Crippen LogP contribution in [0.5, 0.6) is 0 Å². The molecule has 0 spiro atoms. The smallest absolute Gasteiger partial charge is 0.254 e. The molecule has 0 aliphatic carbocycles. The van der Waals surface area contributed by atoms with Crippen molar-refractivity contribution in [2.45, 2.75) is 24.9 Å². The molecular formula is C31H34N4O2. The average Bonchev–Trinajstić information content (AvgIpc) is 2.94. The SMILES string of the molecule is O=C(NCCN1CCN(Cc2ccccc2)CC1)[C@@H]1c2ccccc2C(=O)N2CCc3ccccc3[C@@H]12. The molecule has 0 unspecified atom stereocenters. The minimum atomic E-state index is -0.405. The summed E-state index contributed by atoms with van der Waals surface area (Å²) < 4.78 is 0. The minimum absolute atomic E-state index is 0.00867. The molecule has 3 aliphatic rings. The van der Waals surface area contributed by atoms with Gasteiger partial charge in [-0.1, -0.05) is 72.8 Å². The van der Waals surface area contributed by atoms with Crippen molar-refractivity contribution in [3.05, 3.63) is 107 Å². The second-order valence-corrected chi connectivity index (χ2v) is 10.4. The van der Waals surface area contributed by atoms with E-state index in [1.54, 1.807) is 0 Å². The standard InChI is InChI=1S/C31H34N4O2/c36-30(32-15-17-33-18-20-34(21-19-33)22-23-8-2-1-3-9-23)28-26-12-6-7-13-27(26)31(37)35-16-14-24-10-4-5-11-25(24)29(28)35/h1-13,28-29H,14-22H2,(H,32,36)/t28-,29+/m1/s1. The third-order valence-electron chi connectivity index (χ3n) is 8.16. The third kappa shape index (κ3) is 4.79. The van der Waals surface area contributed by atoms with Crippen LogP contribution in [0.15, 0.2) is 78.9 Å². The monoisotopic (exact) mass is 494 g/mol. The maximum atomic E-state index is 13.8. The Morgan fingerprint density at radius 1 is 0.784 bits per heavy atom. The molecule has 3 aliphatic heterocycles. The molecule has 37 heavy (non-hydrogen) atoms. The zero-order valence-electron chi connectivity index (χ0n) is 21.2. The maximum Gasteiger partial charge on any atom is 0.254 e. The largest absolute Gasteiger partial charge is 0.354 e. The molecule has 0 saturated carbocycles. The number of piperazine rings is 1. The summed E-state index contributed by atoms with van der Waals surface area (Å²) in [7, 11) is 0. The molecule has 0 aromatic heterocycles. The highest BCUT2D eigenvalue weighted by Crippen LogP contribution is 2.45. The Hall–Kier alpha value is -3.48. The molecule has 2 amide bonds. The highest BCUT2D eigenvalue weighted by atomic mass is 16.2. The van der Waals surface area contributed by atoms with Crippen molar-refractivity contribution in [3.63, 3.8) is 0 Å². The van der Waals surface area contributed by atoms with E-state index in [1.165, 1.54) is 11.1 Å². The lowest BCUT2D eigenvalue weighted by Gasteiger charge is -2.45. The van der Waals surface area contributed by atoms with Gasteiger partial charge in [0, 0.05) is 57.9 Å². The molecule has 1 fully saturated rings. The molecular weight excluding hydrogens is 460 g/mol. The first kappa shape index (κ1) is 23.9. The van der Waals surface area contributed by atoms with E-state index in [9.17, 15) is 9.59 Å². The Morgan fingerprint density at radius 3 is 2.27 bits per heavy atom. The predicted octanol–water partition coefficient (Wildman–Crippen LogP) is 3.46. The molecule has 6 rings (SSSR count). The minimum Gasteiger partial charge on any atom is -0.354 e. The van der Waals surface area contributed by atoms with Gasteiger partial charge in [-0.3, -0.25) is 19.4 Å². The summed E-state index contributed by atoms with van der Waals surface area (Å²) in [6.07, 6.45) is 0.825. The zero-order chi connectivity index (χ0) is 25.2. The second kappa shape index (κ2) is 10.5. The molecule has 0 bridgehead atoms. The zero-order valence-corrected chi connectivity index (χ0v) is 21.2. The Bertz CT molecular complexity index is 1270. The van der Waals surface area contributed by atoms with Gasteiger partial charge >= 0.3 is 0 Å². The number of hydrogen-bond donors (Lipinski definition) is 1. The van der Waals surface area contributed by atoms with Crippen molar-refractivity contribution in [1.82, 2.24) is 20.0 Å². The molecule has 6 nitrogen and oxygen atoms in total. The van der Waals surface area contributed by atoms with Crippen molar-refractivity contribution < 1.29 is 9.59 Å². The number of rotatable bonds is 6. The number of nitrogens with one attached hydrogen (secondary N) is 1. The summed E-state index contributed by atoms with van der Waals surface area (Å²) in [5, 5.41) is 3.24. The number of nitrogens with zero attached hydrogens (tertiary/aromatic N) is 3. The fourth-order valence-corrected chi connectivity index (χ4v) is 6.22. The number of carbonyl (C=O) groups is 2. The van der Waals surface area contributed by atoms with Gasteiger partial charge in [-0.25, -0.2) is 0 Å². The molecule has 3 heterocycles. The number of carbonyl (C=O) groups excluding carboxylic acids is 2. The summed E-state index contributed by atoms with van der Waals surface area (Å²) in [6, 6.07) is 26.3. The van der Waals surface area contributed by atoms with Crippen molar-refractivity contribution in [2.75, 3.05) is 45.8 Å². The number of amides is 2. The quantitative estimate of drug-likeness (QED) is 0.570.